The van der Waals surface area contributed by atoms with Crippen molar-refractivity contribution in [2.75, 3.05) is 0 Å². The van der Waals surface area contributed by atoms with Crippen LogP contribution in [0.15, 0.2) is 0 Å². The van der Waals surface area contributed by atoms with Crippen molar-refractivity contribution in [2.45, 2.75) is 118 Å². The van der Waals surface area contributed by atoms with Gasteiger partial charge in [0.15, 0.2) is 0 Å². The zero-order valence-corrected chi connectivity index (χ0v) is 19.2. The van der Waals surface area contributed by atoms with Gasteiger partial charge in [-0.05, 0) is 104 Å². The summed E-state index contributed by atoms with van der Waals surface area (Å²) >= 11 is 0. The summed E-state index contributed by atoms with van der Waals surface area (Å²) in [5.74, 6) is 7.15. The van der Waals surface area contributed by atoms with Crippen LogP contribution in [0.1, 0.15) is 118 Å². The van der Waals surface area contributed by atoms with Crippen LogP contribution in [0, 0.1) is 52.3 Å². The third kappa shape index (κ3) is 3.44. The second kappa shape index (κ2) is 7.68. The molecular weight excluding hydrogens is 324 g/mol. The van der Waals surface area contributed by atoms with Crippen molar-refractivity contribution in [2.24, 2.45) is 52.3 Å². The lowest BCUT2D eigenvalue weighted by Gasteiger charge is -2.61. The SMILES string of the molecule is CC(C)CCC[C@@H](C)[C@H]1CC[C@H]2[C@@H]3CC[C@@H]4CCCC[C@]4(C)[C@H]3CC[C@]12C. The molecule has 27 heavy (non-hydrogen) atoms. The number of fused-ring (bicyclic) bond motifs is 5. The maximum Gasteiger partial charge on any atom is -0.0264 e. The van der Waals surface area contributed by atoms with E-state index in [2.05, 4.69) is 34.6 Å². The third-order valence-electron chi connectivity index (χ3n) is 10.8. The molecule has 0 aromatic rings. The molecule has 156 valence electrons. The summed E-state index contributed by atoms with van der Waals surface area (Å²) in [5, 5.41) is 0. The summed E-state index contributed by atoms with van der Waals surface area (Å²) in [4.78, 5) is 0. The predicted octanol–water partition coefficient (Wildman–Crippen LogP) is 8.50. The summed E-state index contributed by atoms with van der Waals surface area (Å²) in [6, 6.07) is 0. The van der Waals surface area contributed by atoms with Crippen LogP contribution in [-0.2, 0) is 0 Å². The molecule has 0 radical (unpaired) electrons. The van der Waals surface area contributed by atoms with E-state index in [0.717, 1.165) is 41.4 Å². The molecule has 4 aliphatic carbocycles. The second-order valence-electron chi connectivity index (χ2n) is 12.4. The van der Waals surface area contributed by atoms with Crippen LogP contribution in [0.2, 0.25) is 0 Å². The monoisotopic (exact) mass is 372 g/mol. The molecular formula is C27H48. The molecule has 0 N–H and O–H groups in total. The molecule has 0 aromatic heterocycles. The smallest absolute Gasteiger partial charge is 0.0264 e. The lowest BCUT2D eigenvalue weighted by molar-refractivity contribution is -0.114. The molecule has 0 unspecified atom stereocenters. The fourth-order valence-corrected chi connectivity index (χ4v) is 9.32. The van der Waals surface area contributed by atoms with Crippen LogP contribution in [0.25, 0.3) is 0 Å². The van der Waals surface area contributed by atoms with E-state index in [-0.39, 0.29) is 0 Å². The van der Waals surface area contributed by atoms with Crippen molar-refractivity contribution < 1.29 is 0 Å². The number of hydrogen-bond acceptors (Lipinski definition) is 0. The topological polar surface area (TPSA) is 0 Å². The van der Waals surface area contributed by atoms with Gasteiger partial charge in [-0.25, -0.2) is 0 Å². The van der Waals surface area contributed by atoms with E-state index in [0.29, 0.717) is 10.8 Å². The quantitative estimate of drug-likeness (QED) is 0.453. The van der Waals surface area contributed by atoms with Gasteiger partial charge in [0, 0.05) is 0 Å². The molecule has 0 spiro atoms. The first-order valence-corrected chi connectivity index (χ1v) is 12.9. The standard InChI is InChI=1S/C27H48/c1-19(2)9-8-10-20(3)23-14-15-24-22-13-12-21-11-6-7-17-26(21,4)25(22)16-18-27(23,24)5/h19-25H,6-18H2,1-5H3/t20-,21+,22+,23-,24+,25+,26+,27-/m1/s1. The average Bonchev–Trinajstić information content (AvgIpc) is 2.98. The van der Waals surface area contributed by atoms with E-state index in [9.17, 15) is 0 Å². The van der Waals surface area contributed by atoms with Crippen molar-refractivity contribution in [3.05, 3.63) is 0 Å². The number of hydrogen-bond donors (Lipinski definition) is 0. The van der Waals surface area contributed by atoms with Crippen LogP contribution in [0.3, 0.4) is 0 Å². The average molecular weight is 373 g/mol. The highest BCUT2D eigenvalue weighted by Gasteiger charge is 2.59. The van der Waals surface area contributed by atoms with Gasteiger partial charge < -0.3 is 0 Å². The van der Waals surface area contributed by atoms with Crippen LogP contribution in [0.4, 0.5) is 0 Å². The van der Waals surface area contributed by atoms with Gasteiger partial charge in [0.05, 0.1) is 0 Å². The first-order chi connectivity index (χ1) is 12.9. The van der Waals surface area contributed by atoms with E-state index >= 15 is 0 Å². The first kappa shape index (κ1) is 20.3. The fourth-order valence-electron chi connectivity index (χ4n) is 9.32. The van der Waals surface area contributed by atoms with Gasteiger partial charge in [-0.15, -0.1) is 0 Å². The molecule has 4 fully saturated rings. The summed E-state index contributed by atoms with van der Waals surface area (Å²) in [6.07, 6.45) is 19.9. The molecule has 0 aromatic carbocycles. The van der Waals surface area contributed by atoms with Crippen LogP contribution < -0.4 is 0 Å². The van der Waals surface area contributed by atoms with Crippen molar-refractivity contribution in [3.8, 4) is 0 Å². The van der Waals surface area contributed by atoms with Crippen molar-refractivity contribution >= 4 is 0 Å². The summed E-state index contributed by atoms with van der Waals surface area (Å²) in [5.41, 5.74) is 1.39. The molecule has 4 saturated carbocycles. The van der Waals surface area contributed by atoms with E-state index in [1.807, 2.05) is 0 Å². The van der Waals surface area contributed by atoms with Crippen LogP contribution >= 0.6 is 0 Å². The molecule has 0 amide bonds. The highest BCUT2D eigenvalue weighted by molar-refractivity contribution is 5.09. The Morgan fingerprint density at radius 3 is 2.30 bits per heavy atom. The maximum absolute atomic E-state index is 2.75. The highest BCUT2D eigenvalue weighted by atomic mass is 14.6. The maximum atomic E-state index is 2.75. The molecule has 4 aliphatic rings. The summed E-state index contributed by atoms with van der Waals surface area (Å²) < 4.78 is 0. The minimum atomic E-state index is 0.677. The first-order valence-electron chi connectivity index (χ1n) is 12.9. The third-order valence-corrected chi connectivity index (χ3v) is 10.8. The van der Waals surface area contributed by atoms with Gasteiger partial charge in [0.2, 0.25) is 0 Å². The van der Waals surface area contributed by atoms with Crippen molar-refractivity contribution in [1.82, 2.24) is 0 Å². The number of rotatable bonds is 5. The Labute approximate surface area is 170 Å². The Balaban J connectivity index is 1.46. The lowest BCUT2D eigenvalue weighted by Crippen LogP contribution is -2.53. The molecule has 0 heteroatoms. The second-order valence-corrected chi connectivity index (χ2v) is 12.4. The van der Waals surface area contributed by atoms with Crippen LogP contribution in [0.5, 0.6) is 0 Å². The zero-order chi connectivity index (χ0) is 19.2. The molecule has 0 bridgehead atoms. The normalized spacial score (nSPS) is 48.0. The predicted molar refractivity (Wildman–Crippen MR) is 118 cm³/mol. The van der Waals surface area contributed by atoms with Crippen molar-refractivity contribution in [3.63, 3.8) is 0 Å². The van der Waals surface area contributed by atoms with Crippen LogP contribution in [-0.4, -0.2) is 0 Å². The minimum absolute atomic E-state index is 0.677. The fraction of sp³-hybridized carbons (Fsp3) is 1.00. The largest absolute Gasteiger partial charge is 0.0628 e. The Hall–Kier alpha value is 0. The minimum Gasteiger partial charge on any atom is -0.0628 e. The molecule has 0 heterocycles. The van der Waals surface area contributed by atoms with E-state index in [1.54, 1.807) is 51.4 Å². The van der Waals surface area contributed by atoms with Gasteiger partial charge >= 0.3 is 0 Å². The molecule has 4 rings (SSSR count). The lowest BCUT2D eigenvalue weighted by atomic mass is 9.44. The molecule has 0 aliphatic heterocycles. The van der Waals surface area contributed by atoms with Crippen molar-refractivity contribution in [1.29, 1.82) is 0 Å². The Morgan fingerprint density at radius 2 is 1.52 bits per heavy atom. The zero-order valence-electron chi connectivity index (χ0n) is 19.2. The molecule has 0 nitrogen and oxygen atoms in total. The van der Waals surface area contributed by atoms with Gasteiger partial charge in [-0.1, -0.05) is 66.7 Å². The van der Waals surface area contributed by atoms with E-state index in [1.165, 1.54) is 32.1 Å². The van der Waals surface area contributed by atoms with Gasteiger partial charge in [0.25, 0.3) is 0 Å². The highest BCUT2D eigenvalue weighted by Crippen LogP contribution is 2.68. The van der Waals surface area contributed by atoms with E-state index in [4.69, 9.17) is 0 Å². The van der Waals surface area contributed by atoms with Gasteiger partial charge in [-0.3, -0.25) is 0 Å². The summed E-state index contributed by atoms with van der Waals surface area (Å²) in [6.45, 7) is 12.9. The van der Waals surface area contributed by atoms with Gasteiger partial charge in [-0.2, -0.15) is 0 Å². The Bertz CT molecular complexity index is 506. The summed E-state index contributed by atoms with van der Waals surface area (Å²) in [7, 11) is 0. The Morgan fingerprint density at radius 1 is 0.741 bits per heavy atom. The van der Waals surface area contributed by atoms with Gasteiger partial charge in [0.1, 0.15) is 0 Å². The Kier molecular flexibility index (Phi) is 5.77. The molecule has 8 atom stereocenters. The van der Waals surface area contributed by atoms with E-state index < -0.39 is 0 Å². The molecule has 0 saturated heterocycles.